The van der Waals surface area contributed by atoms with Gasteiger partial charge in [-0.3, -0.25) is 9.98 Å². The van der Waals surface area contributed by atoms with Gasteiger partial charge in [0.05, 0.1) is 22.8 Å². The normalized spacial score (nSPS) is 11.2. The van der Waals surface area contributed by atoms with E-state index in [1.807, 2.05) is 27.7 Å². The molecule has 0 fully saturated rings. The maximum Gasteiger partial charge on any atom is 2.00 e. The molecule has 0 aliphatic rings. The number of unbranched alkanes of at least 4 members (excludes halogenated alkanes) is 5. The van der Waals surface area contributed by atoms with Gasteiger partial charge in [-0.1, -0.05) is 202 Å². The summed E-state index contributed by atoms with van der Waals surface area (Å²) in [6.45, 7) is 20.9. The molecule has 0 radical (unpaired) electrons. The summed E-state index contributed by atoms with van der Waals surface area (Å²) in [5.41, 5.74) is 16.5. The third kappa shape index (κ3) is 16.9. The van der Waals surface area contributed by atoms with E-state index in [4.69, 9.17) is 9.98 Å². The number of rotatable bonds is 20. The van der Waals surface area contributed by atoms with Gasteiger partial charge < -0.3 is 10.6 Å². The Hall–Kier alpha value is -4.93. The van der Waals surface area contributed by atoms with Gasteiger partial charge in [-0.2, -0.15) is 26.2 Å². The maximum atomic E-state index is 5.39. The summed E-state index contributed by atoms with van der Waals surface area (Å²) in [6, 6.07) is 52.4. The van der Waals surface area contributed by atoms with Crippen LogP contribution in [0.2, 0.25) is 0 Å². The minimum absolute atomic E-state index is 0. The molecule has 0 N–H and O–H groups in total. The Balaban J connectivity index is 0.000000892. The van der Waals surface area contributed by atoms with Gasteiger partial charge in [0, 0.05) is 0 Å². The van der Waals surface area contributed by atoms with Crippen LogP contribution < -0.4 is 0 Å². The molecule has 0 aliphatic heterocycles. The third-order valence-electron chi connectivity index (χ3n) is 11.1. The molecule has 0 saturated carbocycles. The SMILES string of the molecule is CCCCCCCCc1c(-c2ccccc2)cc(N=C(CC)C(C)=Nc2cc(CC)c(-c3ccccc3)c(-c3ccccc3)c2)cc1-c1ccccc1.CC[N-]CC.CC[N-]CC.[Ni+2]. The van der Waals surface area contributed by atoms with E-state index in [1.54, 1.807) is 0 Å². The Morgan fingerprint density at radius 2 is 0.859 bits per heavy atom. The van der Waals surface area contributed by atoms with Crippen LogP contribution in [0.1, 0.15) is 111 Å². The zero-order chi connectivity index (χ0) is 45.1. The van der Waals surface area contributed by atoms with Crippen molar-refractivity contribution >= 4 is 22.8 Å². The molecule has 0 amide bonds. The third-order valence-corrected chi connectivity index (χ3v) is 11.1. The zero-order valence-electron chi connectivity index (χ0n) is 40.2. The average molecular weight is 898 g/mol. The maximum absolute atomic E-state index is 5.39. The molecular weight excluding hydrogens is 823 g/mol. The van der Waals surface area contributed by atoms with E-state index in [0.717, 1.165) is 68.2 Å². The summed E-state index contributed by atoms with van der Waals surface area (Å²) in [6.07, 6.45) is 10.4. The molecule has 6 aromatic rings. The van der Waals surface area contributed by atoms with Crippen molar-refractivity contribution in [1.29, 1.82) is 0 Å². The van der Waals surface area contributed by atoms with Crippen molar-refractivity contribution in [2.24, 2.45) is 9.98 Å². The van der Waals surface area contributed by atoms with Crippen LogP contribution in [0.15, 0.2) is 156 Å². The number of benzene rings is 6. The molecule has 340 valence electrons. The smallest absolute Gasteiger partial charge is 0.663 e. The van der Waals surface area contributed by atoms with Crippen molar-refractivity contribution in [3.05, 3.63) is 167 Å². The van der Waals surface area contributed by atoms with Gasteiger partial charge in [0.25, 0.3) is 0 Å². The average Bonchev–Trinajstić information content (AvgIpc) is 3.33. The number of nitrogens with zero attached hydrogens (tertiary/aromatic N) is 4. The predicted molar refractivity (Wildman–Crippen MR) is 280 cm³/mol. The van der Waals surface area contributed by atoms with E-state index >= 15 is 0 Å². The van der Waals surface area contributed by atoms with Crippen LogP contribution in [0.25, 0.3) is 55.1 Å². The molecule has 5 heteroatoms. The van der Waals surface area contributed by atoms with Crippen LogP contribution in [0.4, 0.5) is 11.4 Å². The first-order valence-electron chi connectivity index (χ1n) is 23.9. The van der Waals surface area contributed by atoms with Crippen molar-refractivity contribution in [1.82, 2.24) is 0 Å². The molecule has 4 nitrogen and oxygen atoms in total. The van der Waals surface area contributed by atoms with Gasteiger partial charge in [0.2, 0.25) is 0 Å². The fourth-order valence-electron chi connectivity index (χ4n) is 7.92. The fraction of sp³-hybridized carbons (Fsp3) is 0.356. The van der Waals surface area contributed by atoms with Crippen molar-refractivity contribution < 1.29 is 16.5 Å². The summed E-state index contributed by atoms with van der Waals surface area (Å²) in [5, 5.41) is 7.94. The Bertz CT molecular complexity index is 2160. The van der Waals surface area contributed by atoms with Crippen molar-refractivity contribution in [2.45, 2.75) is 113 Å². The molecule has 0 aliphatic carbocycles. The van der Waals surface area contributed by atoms with Gasteiger partial charge in [-0.05, 0) is 113 Å². The van der Waals surface area contributed by atoms with E-state index in [-0.39, 0.29) is 16.5 Å². The van der Waals surface area contributed by atoms with E-state index in [1.165, 1.54) is 94.2 Å². The minimum atomic E-state index is 0. The van der Waals surface area contributed by atoms with Crippen molar-refractivity contribution in [2.75, 3.05) is 26.2 Å². The van der Waals surface area contributed by atoms with E-state index in [2.05, 4.69) is 184 Å². The number of aliphatic imine (C=N–C) groups is 2. The molecule has 0 heterocycles. The standard InChI is InChI=1S/C51H54N2.2C4H10N.Ni/c1-5-8-9-10-11-24-33-46-47(40-25-16-12-17-26-40)35-45(36-48(46)41-27-18-13-19-28-41)53-50(7-3)38(4)52-44-34-39(6-2)51(43-31-22-15-23-32-43)49(37-44)42-29-20-14-21-30-42;2*1-3-5-4-2;/h12-23,25-32,34-37H,5-11,24,33H2,1-4H3;2*3-4H2,1-2H3;/q;2*-1;+2. The number of hydrogen-bond acceptors (Lipinski definition) is 2. The molecule has 0 saturated heterocycles. The largest absolute Gasteiger partial charge is 2.00 e. The number of hydrogen-bond donors (Lipinski definition) is 0. The molecule has 6 aromatic carbocycles. The quantitative estimate of drug-likeness (QED) is 0.0416. The molecule has 0 unspecified atom stereocenters. The summed E-state index contributed by atoms with van der Waals surface area (Å²) >= 11 is 0. The summed E-state index contributed by atoms with van der Waals surface area (Å²) in [5.74, 6) is 0. The summed E-state index contributed by atoms with van der Waals surface area (Å²) in [7, 11) is 0. The van der Waals surface area contributed by atoms with Crippen LogP contribution in [0.3, 0.4) is 0 Å². The van der Waals surface area contributed by atoms with Gasteiger partial charge in [-0.15, -0.1) is 0 Å². The molecule has 64 heavy (non-hydrogen) atoms. The molecule has 0 atom stereocenters. The first-order valence-corrected chi connectivity index (χ1v) is 23.9. The van der Waals surface area contributed by atoms with E-state index < -0.39 is 0 Å². The Morgan fingerprint density at radius 1 is 0.453 bits per heavy atom. The van der Waals surface area contributed by atoms with Gasteiger partial charge in [-0.25, -0.2) is 0 Å². The topological polar surface area (TPSA) is 52.9 Å². The first kappa shape index (κ1) is 53.4. The number of aryl methyl sites for hydroxylation is 1. The Kier molecular flexibility index (Phi) is 25.9. The van der Waals surface area contributed by atoms with Gasteiger partial charge in [0.15, 0.2) is 0 Å². The second-order valence-corrected chi connectivity index (χ2v) is 15.7. The predicted octanol–water partition coefficient (Wildman–Crippen LogP) is 17.9. The second-order valence-electron chi connectivity index (χ2n) is 15.7. The fourth-order valence-corrected chi connectivity index (χ4v) is 7.92. The molecule has 0 aromatic heterocycles. The Labute approximate surface area is 398 Å². The molecule has 0 bridgehead atoms. The minimum Gasteiger partial charge on any atom is -0.663 e. The molecule has 6 rings (SSSR count). The zero-order valence-corrected chi connectivity index (χ0v) is 41.1. The van der Waals surface area contributed by atoms with Crippen LogP contribution >= 0.6 is 0 Å². The van der Waals surface area contributed by atoms with Gasteiger partial charge in [0.1, 0.15) is 0 Å². The first-order chi connectivity index (χ1) is 30.9. The van der Waals surface area contributed by atoms with Crippen LogP contribution in [-0.4, -0.2) is 37.6 Å². The van der Waals surface area contributed by atoms with Crippen LogP contribution in [0.5, 0.6) is 0 Å². The van der Waals surface area contributed by atoms with Crippen molar-refractivity contribution in [3.8, 4) is 44.5 Å². The summed E-state index contributed by atoms with van der Waals surface area (Å²) in [4.78, 5) is 10.7. The van der Waals surface area contributed by atoms with E-state index in [0.29, 0.717) is 0 Å². The second kappa shape index (κ2) is 31.0. The Morgan fingerprint density at radius 3 is 1.28 bits per heavy atom. The van der Waals surface area contributed by atoms with Crippen LogP contribution in [-0.2, 0) is 29.3 Å². The van der Waals surface area contributed by atoms with E-state index in [9.17, 15) is 0 Å². The monoisotopic (exact) mass is 897 g/mol. The summed E-state index contributed by atoms with van der Waals surface area (Å²) < 4.78 is 0. The molecule has 0 spiro atoms. The molecular formula is C59H74N4Ni. The van der Waals surface area contributed by atoms with Crippen molar-refractivity contribution in [3.63, 3.8) is 0 Å². The van der Waals surface area contributed by atoms with Gasteiger partial charge >= 0.3 is 16.5 Å². The van der Waals surface area contributed by atoms with Crippen LogP contribution in [0, 0.1) is 0 Å².